The van der Waals surface area contributed by atoms with Crippen LogP contribution >= 0.6 is 0 Å². The highest BCUT2D eigenvalue weighted by molar-refractivity contribution is 6.01. The lowest BCUT2D eigenvalue weighted by molar-refractivity contribution is -0.384. The summed E-state index contributed by atoms with van der Waals surface area (Å²) in [6.07, 6.45) is 4.25. The van der Waals surface area contributed by atoms with Crippen molar-refractivity contribution in [1.29, 1.82) is 0 Å². The Kier molecular flexibility index (Phi) is 4.79. The molecular weight excluding hydrogens is 342 g/mol. The standard InChI is InChI=1S/C21H23N3O3/c25-21(22-19-14-17(19)15-7-3-1-4-8-15)18-13-16(24(26)27)9-10-20(18)23-11-5-2-6-12-23/h1,3-4,7-10,13,17,19H,2,5-6,11-12,14H2,(H,22,25)/t17-,19+/m0/s1. The molecule has 1 saturated heterocycles. The molecule has 1 saturated carbocycles. The third kappa shape index (κ3) is 3.79. The van der Waals surface area contributed by atoms with Gasteiger partial charge in [-0.1, -0.05) is 30.3 Å². The predicted molar refractivity (Wildman–Crippen MR) is 104 cm³/mol. The number of nitrogens with one attached hydrogen (secondary N) is 1. The van der Waals surface area contributed by atoms with Crippen molar-refractivity contribution in [2.45, 2.75) is 37.6 Å². The Morgan fingerprint density at radius 3 is 2.52 bits per heavy atom. The number of piperidine rings is 1. The highest BCUT2D eigenvalue weighted by atomic mass is 16.6. The van der Waals surface area contributed by atoms with Crippen LogP contribution in [0.15, 0.2) is 48.5 Å². The van der Waals surface area contributed by atoms with E-state index in [9.17, 15) is 14.9 Å². The fourth-order valence-electron chi connectivity index (χ4n) is 3.90. The van der Waals surface area contributed by atoms with E-state index >= 15 is 0 Å². The number of non-ortho nitro benzene ring substituents is 1. The van der Waals surface area contributed by atoms with E-state index in [-0.39, 0.29) is 17.6 Å². The van der Waals surface area contributed by atoms with Gasteiger partial charge in [-0.2, -0.15) is 0 Å². The Hall–Kier alpha value is -2.89. The maximum Gasteiger partial charge on any atom is 0.270 e. The van der Waals surface area contributed by atoms with Gasteiger partial charge in [0.2, 0.25) is 0 Å². The molecule has 4 rings (SSSR count). The molecule has 2 aromatic rings. The quantitative estimate of drug-likeness (QED) is 0.645. The molecule has 1 aliphatic carbocycles. The van der Waals surface area contributed by atoms with Crippen molar-refractivity contribution in [2.75, 3.05) is 18.0 Å². The van der Waals surface area contributed by atoms with Crippen LogP contribution in [0.25, 0.3) is 0 Å². The Morgan fingerprint density at radius 2 is 1.81 bits per heavy atom. The van der Waals surface area contributed by atoms with Crippen LogP contribution in [0.4, 0.5) is 11.4 Å². The second-order valence-corrected chi connectivity index (χ2v) is 7.34. The molecule has 2 fully saturated rings. The summed E-state index contributed by atoms with van der Waals surface area (Å²) in [7, 11) is 0. The van der Waals surface area contributed by atoms with Gasteiger partial charge in [-0.3, -0.25) is 14.9 Å². The van der Waals surface area contributed by atoms with Gasteiger partial charge < -0.3 is 10.2 Å². The van der Waals surface area contributed by atoms with Crippen LogP contribution in [-0.4, -0.2) is 30.0 Å². The zero-order valence-electron chi connectivity index (χ0n) is 15.1. The molecule has 0 bridgehead atoms. The molecule has 6 heteroatoms. The van der Waals surface area contributed by atoms with Crippen LogP contribution in [-0.2, 0) is 0 Å². The Labute approximate surface area is 158 Å². The average molecular weight is 365 g/mol. The first-order chi connectivity index (χ1) is 13.1. The lowest BCUT2D eigenvalue weighted by atomic mass is 10.1. The smallest absolute Gasteiger partial charge is 0.270 e. The zero-order valence-corrected chi connectivity index (χ0v) is 15.1. The number of hydrogen-bond acceptors (Lipinski definition) is 4. The van der Waals surface area contributed by atoms with Gasteiger partial charge in [0.15, 0.2) is 0 Å². The Morgan fingerprint density at radius 1 is 1.07 bits per heavy atom. The SMILES string of the molecule is O=C(N[C@@H]1C[C@H]1c1ccccc1)c1cc([N+](=O)[O-])ccc1N1CCCCC1. The van der Waals surface area contributed by atoms with Crippen molar-refractivity contribution in [1.82, 2.24) is 5.32 Å². The molecule has 0 spiro atoms. The first-order valence-electron chi connectivity index (χ1n) is 9.52. The molecule has 0 aromatic heterocycles. The van der Waals surface area contributed by atoms with Gasteiger partial charge >= 0.3 is 0 Å². The van der Waals surface area contributed by atoms with Gasteiger partial charge in [-0.05, 0) is 37.3 Å². The molecule has 2 aromatic carbocycles. The molecule has 27 heavy (non-hydrogen) atoms. The summed E-state index contributed by atoms with van der Waals surface area (Å²) in [4.78, 5) is 25.9. The lowest BCUT2D eigenvalue weighted by Crippen LogP contribution is -2.33. The van der Waals surface area contributed by atoms with Crippen molar-refractivity contribution in [2.24, 2.45) is 0 Å². The van der Waals surface area contributed by atoms with Crippen molar-refractivity contribution in [3.05, 3.63) is 69.8 Å². The van der Waals surface area contributed by atoms with E-state index < -0.39 is 4.92 Å². The lowest BCUT2D eigenvalue weighted by Gasteiger charge is -2.30. The zero-order chi connectivity index (χ0) is 18.8. The van der Waals surface area contributed by atoms with E-state index in [1.54, 1.807) is 6.07 Å². The number of nitro benzene ring substituents is 1. The summed E-state index contributed by atoms with van der Waals surface area (Å²) in [6.45, 7) is 1.77. The molecule has 0 radical (unpaired) electrons. The molecule has 2 aliphatic rings. The largest absolute Gasteiger partial charge is 0.371 e. The maximum absolute atomic E-state index is 12.9. The fraction of sp³-hybridized carbons (Fsp3) is 0.381. The van der Waals surface area contributed by atoms with Crippen molar-refractivity contribution in [3.63, 3.8) is 0 Å². The third-order valence-corrected chi connectivity index (χ3v) is 5.47. The number of benzene rings is 2. The number of rotatable bonds is 5. The van der Waals surface area contributed by atoms with E-state index in [1.165, 1.54) is 24.1 Å². The first-order valence-corrected chi connectivity index (χ1v) is 9.52. The topological polar surface area (TPSA) is 75.5 Å². The summed E-state index contributed by atoms with van der Waals surface area (Å²) in [5, 5.41) is 14.3. The van der Waals surface area contributed by atoms with Gasteiger partial charge in [-0.25, -0.2) is 0 Å². The maximum atomic E-state index is 12.9. The normalized spacial score (nSPS) is 21.6. The van der Waals surface area contributed by atoms with Crippen LogP contribution < -0.4 is 10.2 Å². The molecule has 140 valence electrons. The summed E-state index contributed by atoms with van der Waals surface area (Å²) in [6, 6.07) is 14.8. The van der Waals surface area contributed by atoms with Crippen LogP contribution in [0.3, 0.4) is 0 Å². The van der Waals surface area contributed by atoms with Crippen molar-refractivity contribution in [3.8, 4) is 0 Å². The second-order valence-electron chi connectivity index (χ2n) is 7.34. The van der Waals surface area contributed by atoms with Crippen LogP contribution in [0.5, 0.6) is 0 Å². The number of amides is 1. The summed E-state index contributed by atoms with van der Waals surface area (Å²) in [5.41, 5.74) is 2.38. The van der Waals surface area contributed by atoms with Crippen molar-refractivity contribution < 1.29 is 9.72 Å². The molecule has 6 nitrogen and oxygen atoms in total. The molecule has 1 aliphatic heterocycles. The number of carbonyl (C=O) groups is 1. The van der Waals surface area contributed by atoms with Crippen molar-refractivity contribution >= 4 is 17.3 Å². The first kappa shape index (κ1) is 17.5. The predicted octanol–water partition coefficient (Wildman–Crippen LogP) is 3.87. The van der Waals surface area contributed by atoms with Gasteiger partial charge in [0.25, 0.3) is 11.6 Å². The third-order valence-electron chi connectivity index (χ3n) is 5.47. The second kappa shape index (κ2) is 7.39. The number of nitrogens with zero attached hydrogens (tertiary/aromatic N) is 2. The number of nitro groups is 1. The molecule has 1 heterocycles. The van der Waals surface area contributed by atoms with Crippen LogP contribution in [0.1, 0.15) is 47.5 Å². The van der Waals surface area contributed by atoms with Gasteiger partial charge in [0.05, 0.1) is 16.2 Å². The van der Waals surface area contributed by atoms with Gasteiger partial charge in [0, 0.05) is 37.2 Å². The van der Waals surface area contributed by atoms with E-state index in [0.29, 0.717) is 11.5 Å². The number of carbonyl (C=O) groups excluding carboxylic acids is 1. The van der Waals surface area contributed by atoms with E-state index in [1.807, 2.05) is 18.2 Å². The Balaban J connectivity index is 1.54. The van der Waals surface area contributed by atoms with E-state index in [4.69, 9.17) is 0 Å². The molecule has 2 atom stereocenters. The fourth-order valence-corrected chi connectivity index (χ4v) is 3.90. The highest BCUT2D eigenvalue weighted by Crippen LogP contribution is 2.41. The van der Waals surface area contributed by atoms with Crippen LogP contribution in [0, 0.1) is 10.1 Å². The summed E-state index contributed by atoms with van der Waals surface area (Å²) >= 11 is 0. The monoisotopic (exact) mass is 365 g/mol. The van der Waals surface area contributed by atoms with E-state index in [0.717, 1.165) is 38.0 Å². The van der Waals surface area contributed by atoms with Gasteiger partial charge in [-0.15, -0.1) is 0 Å². The minimum absolute atomic E-state index is 0.0451. The number of hydrogen-bond donors (Lipinski definition) is 1. The molecular formula is C21H23N3O3. The minimum Gasteiger partial charge on any atom is -0.371 e. The highest BCUT2D eigenvalue weighted by Gasteiger charge is 2.40. The summed E-state index contributed by atoms with van der Waals surface area (Å²) in [5.74, 6) is 0.106. The minimum atomic E-state index is -0.444. The molecule has 0 unspecified atom stereocenters. The average Bonchev–Trinajstić information content (AvgIpc) is 3.48. The molecule has 1 amide bonds. The number of anilines is 1. The van der Waals surface area contributed by atoms with E-state index in [2.05, 4.69) is 22.3 Å². The summed E-state index contributed by atoms with van der Waals surface area (Å²) < 4.78 is 0. The van der Waals surface area contributed by atoms with Gasteiger partial charge in [0.1, 0.15) is 0 Å². The molecule has 1 N–H and O–H groups in total. The Bertz CT molecular complexity index is 847. The van der Waals surface area contributed by atoms with Crippen LogP contribution in [0.2, 0.25) is 0 Å².